The van der Waals surface area contributed by atoms with Crippen LogP contribution in [0.15, 0.2) is 150 Å². The van der Waals surface area contributed by atoms with Gasteiger partial charge in [-0.3, -0.25) is 4.40 Å². The van der Waals surface area contributed by atoms with Gasteiger partial charge in [0.15, 0.2) is 11.5 Å². The van der Waals surface area contributed by atoms with Gasteiger partial charge in [0.25, 0.3) is 0 Å². The molecular weight excluding hydrogens is 590 g/mol. The van der Waals surface area contributed by atoms with Gasteiger partial charge in [-0.2, -0.15) is 0 Å². The third-order valence-electron chi connectivity index (χ3n) is 9.04. The van der Waals surface area contributed by atoms with E-state index < -0.39 is 5.41 Å². The molecule has 0 unspecified atom stereocenters. The predicted octanol–water partition coefficient (Wildman–Crippen LogP) is 9.83. The van der Waals surface area contributed by atoms with E-state index in [2.05, 4.69) is 166 Å². The van der Waals surface area contributed by atoms with Crippen LogP contribution < -0.4 is 0 Å². The lowest BCUT2D eigenvalue weighted by Gasteiger charge is -2.34. The Morgan fingerprint density at radius 2 is 1.16 bits per heavy atom. The lowest BCUT2D eigenvalue weighted by Crippen LogP contribution is -2.28. The molecule has 0 atom stereocenters. The van der Waals surface area contributed by atoms with Crippen molar-refractivity contribution in [2.75, 3.05) is 0 Å². The van der Waals surface area contributed by atoms with Gasteiger partial charge in [0, 0.05) is 20.8 Å². The fraction of sp³-hybridized carbons (Fsp3) is 0.0256. The number of rotatable bonds is 3. The van der Waals surface area contributed by atoms with E-state index in [1.54, 1.807) is 0 Å². The minimum absolute atomic E-state index is 0.468. The maximum absolute atomic E-state index is 4.86. The first-order valence-corrected chi connectivity index (χ1v) is 15.3. The SMILES string of the molecule is Brc1ccc2c(c1)c1ccccc1c1nnc(-c3ccc4c(c3)C(c3ccccc3)(c3ccccc3)c3ccccc3-4)n21. The summed E-state index contributed by atoms with van der Waals surface area (Å²) in [6.07, 6.45) is 0. The molecule has 4 heteroatoms. The van der Waals surface area contributed by atoms with Crippen molar-refractivity contribution in [1.82, 2.24) is 14.6 Å². The molecule has 0 radical (unpaired) electrons. The summed E-state index contributed by atoms with van der Waals surface area (Å²) in [7, 11) is 0. The molecule has 2 heterocycles. The van der Waals surface area contributed by atoms with Crippen LogP contribution in [0.2, 0.25) is 0 Å². The van der Waals surface area contributed by atoms with Crippen molar-refractivity contribution in [1.29, 1.82) is 0 Å². The van der Waals surface area contributed by atoms with Gasteiger partial charge in [0.1, 0.15) is 0 Å². The lowest BCUT2D eigenvalue weighted by molar-refractivity contribution is 0.768. The number of fused-ring (bicyclic) bond motifs is 9. The Hall–Kier alpha value is -5.06. The second-order valence-electron chi connectivity index (χ2n) is 11.2. The van der Waals surface area contributed by atoms with Crippen LogP contribution in [-0.4, -0.2) is 14.6 Å². The van der Waals surface area contributed by atoms with Crippen molar-refractivity contribution in [3.8, 4) is 22.5 Å². The fourth-order valence-corrected chi connectivity index (χ4v) is 7.65. The summed E-state index contributed by atoms with van der Waals surface area (Å²) in [5.74, 6) is 0.835. The maximum Gasteiger partial charge on any atom is 0.169 e. The quantitative estimate of drug-likeness (QED) is 0.186. The van der Waals surface area contributed by atoms with Gasteiger partial charge in [-0.15, -0.1) is 10.2 Å². The molecule has 2 aromatic heterocycles. The first kappa shape index (κ1) is 24.5. The molecule has 0 amide bonds. The van der Waals surface area contributed by atoms with Crippen molar-refractivity contribution < 1.29 is 0 Å². The van der Waals surface area contributed by atoms with E-state index in [-0.39, 0.29) is 0 Å². The van der Waals surface area contributed by atoms with Crippen LogP contribution in [0.4, 0.5) is 0 Å². The summed E-state index contributed by atoms with van der Waals surface area (Å²) in [4.78, 5) is 0. The maximum atomic E-state index is 4.86. The van der Waals surface area contributed by atoms with Crippen molar-refractivity contribution in [2.45, 2.75) is 5.41 Å². The van der Waals surface area contributed by atoms with Crippen molar-refractivity contribution >= 4 is 43.3 Å². The number of hydrogen-bond donors (Lipinski definition) is 0. The van der Waals surface area contributed by atoms with Gasteiger partial charge in [-0.05, 0) is 63.0 Å². The molecule has 8 aromatic rings. The van der Waals surface area contributed by atoms with E-state index >= 15 is 0 Å². The number of aromatic nitrogens is 3. The third kappa shape index (κ3) is 3.35. The predicted molar refractivity (Wildman–Crippen MR) is 178 cm³/mol. The topological polar surface area (TPSA) is 30.2 Å². The Kier molecular flexibility index (Phi) is 5.26. The van der Waals surface area contributed by atoms with E-state index in [1.165, 1.54) is 38.8 Å². The molecule has 1 aliphatic rings. The van der Waals surface area contributed by atoms with E-state index in [4.69, 9.17) is 10.2 Å². The number of pyridine rings is 1. The molecule has 6 aromatic carbocycles. The van der Waals surface area contributed by atoms with Gasteiger partial charge in [0.05, 0.1) is 10.9 Å². The number of nitrogens with zero attached hydrogens (tertiary/aromatic N) is 3. The zero-order valence-electron chi connectivity index (χ0n) is 23.1. The van der Waals surface area contributed by atoms with Gasteiger partial charge in [0.2, 0.25) is 0 Å². The summed E-state index contributed by atoms with van der Waals surface area (Å²) < 4.78 is 3.27. The van der Waals surface area contributed by atoms with Crippen LogP contribution in [0, 0.1) is 0 Å². The van der Waals surface area contributed by atoms with Gasteiger partial charge < -0.3 is 0 Å². The first-order valence-electron chi connectivity index (χ1n) is 14.5. The molecule has 0 saturated carbocycles. The number of halogens is 1. The summed E-state index contributed by atoms with van der Waals surface area (Å²) >= 11 is 3.70. The number of hydrogen-bond acceptors (Lipinski definition) is 2. The Morgan fingerprint density at radius 1 is 0.512 bits per heavy atom. The molecule has 9 rings (SSSR count). The van der Waals surface area contributed by atoms with E-state index in [1.807, 2.05) is 0 Å². The molecule has 0 saturated heterocycles. The Morgan fingerprint density at radius 3 is 1.93 bits per heavy atom. The molecule has 0 spiro atoms. The largest absolute Gasteiger partial charge is 0.274 e. The normalized spacial score (nSPS) is 13.4. The zero-order chi connectivity index (χ0) is 28.5. The van der Waals surface area contributed by atoms with Crippen molar-refractivity contribution in [3.05, 3.63) is 172 Å². The highest BCUT2D eigenvalue weighted by atomic mass is 79.9. The summed E-state index contributed by atoms with van der Waals surface area (Å²) in [6.45, 7) is 0. The average Bonchev–Trinajstić information content (AvgIpc) is 3.64. The van der Waals surface area contributed by atoms with Crippen LogP contribution >= 0.6 is 15.9 Å². The monoisotopic (exact) mass is 613 g/mol. The average molecular weight is 615 g/mol. The lowest BCUT2D eigenvalue weighted by atomic mass is 9.67. The fourth-order valence-electron chi connectivity index (χ4n) is 7.29. The first-order chi connectivity index (χ1) is 21.2. The minimum Gasteiger partial charge on any atom is -0.274 e. The van der Waals surface area contributed by atoms with Crippen LogP contribution in [-0.2, 0) is 5.41 Å². The molecule has 1 aliphatic carbocycles. The van der Waals surface area contributed by atoms with E-state index in [0.717, 1.165) is 37.8 Å². The van der Waals surface area contributed by atoms with Crippen LogP contribution in [0.3, 0.4) is 0 Å². The van der Waals surface area contributed by atoms with Crippen LogP contribution in [0.25, 0.3) is 49.8 Å². The Labute approximate surface area is 257 Å². The standard InChI is InChI=1S/C39H24BrN3/c40-28-20-22-36-33(24-28)29-15-7-8-17-32(29)38-42-41-37(43(36)38)25-19-21-31-30-16-9-10-18-34(30)39(35(31)23-25,26-11-3-1-4-12-26)27-13-5-2-6-14-27/h1-24H. The highest BCUT2D eigenvalue weighted by Gasteiger charge is 2.46. The Bertz CT molecular complexity index is 2320. The highest BCUT2D eigenvalue weighted by Crippen LogP contribution is 2.56. The Balaban J connectivity index is 1.39. The van der Waals surface area contributed by atoms with E-state index in [9.17, 15) is 0 Å². The molecule has 3 nitrogen and oxygen atoms in total. The molecule has 0 N–H and O–H groups in total. The molecule has 202 valence electrons. The molecule has 0 fully saturated rings. The van der Waals surface area contributed by atoms with Crippen molar-refractivity contribution in [3.63, 3.8) is 0 Å². The second kappa shape index (κ2) is 9.22. The molecule has 0 aliphatic heterocycles. The van der Waals surface area contributed by atoms with Gasteiger partial charge >= 0.3 is 0 Å². The van der Waals surface area contributed by atoms with E-state index in [0.29, 0.717) is 0 Å². The molecule has 0 bridgehead atoms. The van der Waals surface area contributed by atoms with Crippen LogP contribution in [0.5, 0.6) is 0 Å². The smallest absolute Gasteiger partial charge is 0.169 e. The summed E-state index contributed by atoms with van der Waals surface area (Å²) in [5, 5.41) is 13.1. The minimum atomic E-state index is -0.468. The van der Waals surface area contributed by atoms with Crippen molar-refractivity contribution in [2.24, 2.45) is 0 Å². The van der Waals surface area contributed by atoms with Gasteiger partial charge in [-0.25, -0.2) is 0 Å². The zero-order valence-corrected chi connectivity index (χ0v) is 24.7. The highest BCUT2D eigenvalue weighted by molar-refractivity contribution is 9.10. The molecule has 43 heavy (non-hydrogen) atoms. The molecular formula is C39H24BrN3. The second-order valence-corrected chi connectivity index (χ2v) is 12.1. The summed E-state index contributed by atoms with van der Waals surface area (Å²) in [6, 6.07) is 52.4. The number of benzene rings is 6. The van der Waals surface area contributed by atoms with Gasteiger partial charge in [-0.1, -0.05) is 137 Å². The third-order valence-corrected chi connectivity index (χ3v) is 9.53. The van der Waals surface area contributed by atoms with Crippen LogP contribution in [0.1, 0.15) is 22.3 Å². The summed E-state index contributed by atoms with van der Waals surface area (Å²) in [5.41, 5.74) is 10.1.